The van der Waals surface area contributed by atoms with E-state index in [2.05, 4.69) is 10.6 Å². The molecular formula is C19H25N3O3. The Morgan fingerprint density at radius 1 is 1.16 bits per heavy atom. The molecule has 0 aliphatic rings. The second-order valence-electron chi connectivity index (χ2n) is 5.84. The Morgan fingerprint density at radius 3 is 2.44 bits per heavy atom. The summed E-state index contributed by atoms with van der Waals surface area (Å²) in [7, 11) is 0. The van der Waals surface area contributed by atoms with Crippen LogP contribution in [-0.4, -0.2) is 23.4 Å². The zero-order chi connectivity index (χ0) is 18.2. The van der Waals surface area contributed by atoms with Crippen molar-refractivity contribution < 1.29 is 14.0 Å². The molecule has 0 spiro atoms. The molecule has 1 aromatic carbocycles. The maximum Gasteiger partial charge on any atom is 0.318 e. The number of hydrogen-bond acceptors (Lipinski definition) is 3. The lowest BCUT2D eigenvalue weighted by atomic mass is 10.1. The molecule has 0 saturated heterocycles. The molecule has 6 heteroatoms. The second-order valence-corrected chi connectivity index (χ2v) is 5.84. The number of furan rings is 1. The van der Waals surface area contributed by atoms with Gasteiger partial charge in [-0.3, -0.25) is 4.79 Å². The standard InChI is InChI=1S/C19H25N3O3/c1-4-18(23)21-17-8-6-16(7-9-17)14(3)20-19(24)22(5-2)12-15-10-11-25-13-15/h6-11,13-14H,4-5,12H2,1-3H3,(H,20,24)(H,21,23)/t14-/m1/s1. The number of carbonyl (C=O) groups excluding carboxylic acids is 2. The number of urea groups is 1. The van der Waals surface area contributed by atoms with Crippen LogP contribution in [0, 0.1) is 0 Å². The first-order valence-corrected chi connectivity index (χ1v) is 8.49. The fourth-order valence-electron chi connectivity index (χ4n) is 2.39. The lowest BCUT2D eigenvalue weighted by molar-refractivity contribution is -0.115. The maximum absolute atomic E-state index is 12.5. The summed E-state index contributed by atoms with van der Waals surface area (Å²) in [4.78, 5) is 25.6. The van der Waals surface area contributed by atoms with Crippen LogP contribution in [0.1, 0.15) is 44.4 Å². The summed E-state index contributed by atoms with van der Waals surface area (Å²) in [6, 6.07) is 9.08. The Bertz CT molecular complexity index is 680. The number of hydrogen-bond donors (Lipinski definition) is 2. The first-order chi connectivity index (χ1) is 12.0. The van der Waals surface area contributed by atoms with Crippen LogP contribution in [0.3, 0.4) is 0 Å². The van der Waals surface area contributed by atoms with E-state index < -0.39 is 0 Å². The number of benzene rings is 1. The molecule has 2 aromatic rings. The molecule has 1 heterocycles. The molecule has 0 aliphatic heterocycles. The van der Waals surface area contributed by atoms with Gasteiger partial charge in [-0.05, 0) is 37.6 Å². The number of amides is 3. The van der Waals surface area contributed by atoms with Gasteiger partial charge in [0, 0.05) is 24.2 Å². The zero-order valence-corrected chi connectivity index (χ0v) is 14.9. The summed E-state index contributed by atoms with van der Waals surface area (Å²) >= 11 is 0. The van der Waals surface area contributed by atoms with E-state index in [-0.39, 0.29) is 18.0 Å². The smallest absolute Gasteiger partial charge is 0.318 e. The van der Waals surface area contributed by atoms with Crippen LogP contribution >= 0.6 is 0 Å². The molecule has 3 amide bonds. The van der Waals surface area contributed by atoms with E-state index in [9.17, 15) is 9.59 Å². The van der Waals surface area contributed by atoms with Crippen LogP contribution in [0.2, 0.25) is 0 Å². The fraction of sp³-hybridized carbons (Fsp3) is 0.368. The SMILES string of the molecule is CCC(=O)Nc1ccc([C@@H](C)NC(=O)N(CC)Cc2ccoc2)cc1. The van der Waals surface area contributed by atoms with Crippen LogP contribution in [0.25, 0.3) is 0 Å². The van der Waals surface area contributed by atoms with E-state index in [1.54, 1.807) is 17.4 Å². The van der Waals surface area contributed by atoms with E-state index in [0.717, 1.165) is 16.8 Å². The normalized spacial score (nSPS) is 11.6. The minimum Gasteiger partial charge on any atom is -0.472 e. The van der Waals surface area contributed by atoms with Crippen molar-refractivity contribution in [2.45, 2.75) is 39.8 Å². The van der Waals surface area contributed by atoms with Gasteiger partial charge in [-0.2, -0.15) is 0 Å². The lowest BCUT2D eigenvalue weighted by Gasteiger charge is -2.24. The number of nitrogens with zero attached hydrogens (tertiary/aromatic N) is 1. The van der Waals surface area contributed by atoms with Crippen molar-refractivity contribution in [2.24, 2.45) is 0 Å². The Morgan fingerprint density at radius 2 is 1.88 bits per heavy atom. The third kappa shape index (κ3) is 5.38. The first-order valence-electron chi connectivity index (χ1n) is 8.49. The molecule has 6 nitrogen and oxygen atoms in total. The van der Waals surface area contributed by atoms with Crippen LogP contribution in [-0.2, 0) is 11.3 Å². The predicted octanol–water partition coefficient (Wildman–Crippen LogP) is 3.92. The molecule has 134 valence electrons. The van der Waals surface area contributed by atoms with Gasteiger partial charge in [0.15, 0.2) is 0 Å². The topological polar surface area (TPSA) is 74.6 Å². The average Bonchev–Trinajstić information content (AvgIpc) is 3.13. The van der Waals surface area contributed by atoms with Gasteiger partial charge >= 0.3 is 6.03 Å². The highest BCUT2D eigenvalue weighted by Gasteiger charge is 2.16. The summed E-state index contributed by atoms with van der Waals surface area (Å²) < 4.78 is 5.05. The average molecular weight is 343 g/mol. The van der Waals surface area contributed by atoms with Gasteiger partial charge in [0.2, 0.25) is 5.91 Å². The van der Waals surface area contributed by atoms with Gasteiger partial charge in [0.05, 0.1) is 25.1 Å². The minimum absolute atomic E-state index is 0.0214. The van der Waals surface area contributed by atoms with Crippen LogP contribution < -0.4 is 10.6 Å². The molecule has 0 aliphatic carbocycles. The summed E-state index contributed by atoms with van der Waals surface area (Å²) in [5, 5.41) is 5.81. The molecule has 1 aromatic heterocycles. The Hall–Kier alpha value is -2.76. The summed E-state index contributed by atoms with van der Waals surface area (Å²) in [6.07, 6.45) is 3.68. The second kappa shape index (κ2) is 8.92. The third-order valence-electron chi connectivity index (χ3n) is 3.98. The molecule has 25 heavy (non-hydrogen) atoms. The zero-order valence-electron chi connectivity index (χ0n) is 14.9. The van der Waals surface area contributed by atoms with E-state index >= 15 is 0 Å². The molecular weight excluding hydrogens is 318 g/mol. The van der Waals surface area contributed by atoms with Gasteiger partial charge in [-0.1, -0.05) is 19.1 Å². The number of carbonyl (C=O) groups is 2. The maximum atomic E-state index is 12.5. The summed E-state index contributed by atoms with van der Waals surface area (Å²) in [6.45, 7) is 6.79. The molecule has 0 bridgehead atoms. The number of rotatable bonds is 7. The molecule has 0 fully saturated rings. The first kappa shape index (κ1) is 18.6. The van der Waals surface area contributed by atoms with Gasteiger partial charge in [-0.15, -0.1) is 0 Å². The van der Waals surface area contributed by atoms with Crippen molar-refractivity contribution in [3.8, 4) is 0 Å². The quantitative estimate of drug-likeness (QED) is 0.800. The number of nitrogens with one attached hydrogen (secondary N) is 2. The van der Waals surface area contributed by atoms with Crippen molar-refractivity contribution in [3.63, 3.8) is 0 Å². The Kier molecular flexibility index (Phi) is 6.62. The van der Waals surface area contributed by atoms with Gasteiger partial charge in [0.25, 0.3) is 0 Å². The van der Waals surface area contributed by atoms with Crippen molar-refractivity contribution in [3.05, 3.63) is 54.0 Å². The highest BCUT2D eigenvalue weighted by molar-refractivity contribution is 5.90. The lowest BCUT2D eigenvalue weighted by Crippen LogP contribution is -2.40. The molecule has 0 unspecified atom stereocenters. The largest absolute Gasteiger partial charge is 0.472 e. The fourth-order valence-corrected chi connectivity index (χ4v) is 2.39. The molecule has 0 saturated carbocycles. The summed E-state index contributed by atoms with van der Waals surface area (Å²) in [5.41, 5.74) is 2.69. The minimum atomic E-state index is -0.137. The Labute approximate surface area is 148 Å². The molecule has 1 atom stereocenters. The van der Waals surface area contributed by atoms with Crippen molar-refractivity contribution >= 4 is 17.6 Å². The van der Waals surface area contributed by atoms with Crippen molar-refractivity contribution in [1.29, 1.82) is 0 Å². The highest BCUT2D eigenvalue weighted by Crippen LogP contribution is 2.17. The van der Waals surface area contributed by atoms with Gasteiger partial charge in [-0.25, -0.2) is 4.79 Å². The van der Waals surface area contributed by atoms with Gasteiger partial charge in [0.1, 0.15) is 0 Å². The van der Waals surface area contributed by atoms with Crippen LogP contribution in [0.5, 0.6) is 0 Å². The van der Waals surface area contributed by atoms with Crippen molar-refractivity contribution in [2.75, 3.05) is 11.9 Å². The van der Waals surface area contributed by atoms with E-state index in [1.807, 2.05) is 51.1 Å². The highest BCUT2D eigenvalue weighted by atomic mass is 16.3. The predicted molar refractivity (Wildman–Crippen MR) is 97.1 cm³/mol. The monoisotopic (exact) mass is 343 g/mol. The molecule has 2 N–H and O–H groups in total. The van der Waals surface area contributed by atoms with Gasteiger partial charge < -0.3 is 20.0 Å². The van der Waals surface area contributed by atoms with E-state index in [1.165, 1.54) is 0 Å². The molecule has 2 rings (SSSR count). The van der Waals surface area contributed by atoms with Crippen LogP contribution in [0.4, 0.5) is 10.5 Å². The Balaban J connectivity index is 1.94. The molecule has 0 radical (unpaired) electrons. The summed E-state index contributed by atoms with van der Waals surface area (Å²) in [5.74, 6) is -0.0214. The van der Waals surface area contributed by atoms with E-state index in [0.29, 0.717) is 19.5 Å². The van der Waals surface area contributed by atoms with Crippen molar-refractivity contribution in [1.82, 2.24) is 10.2 Å². The van der Waals surface area contributed by atoms with Crippen LogP contribution in [0.15, 0.2) is 47.3 Å². The number of anilines is 1. The van der Waals surface area contributed by atoms with E-state index in [4.69, 9.17) is 4.42 Å². The third-order valence-corrected chi connectivity index (χ3v) is 3.98.